The fourth-order valence-corrected chi connectivity index (χ4v) is 3.34. The highest BCUT2D eigenvalue weighted by molar-refractivity contribution is 7.13. The van der Waals surface area contributed by atoms with E-state index in [2.05, 4.69) is 41.3 Å². The number of phenols is 1. The van der Waals surface area contributed by atoms with Crippen LogP contribution in [0.4, 0.5) is 5.82 Å². The molecule has 23 heavy (non-hydrogen) atoms. The summed E-state index contributed by atoms with van der Waals surface area (Å²) in [4.78, 5) is 17.2. The normalized spacial score (nSPS) is 11.8. The molecule has 0 spiro atoms. The third-order valence-electron chi connectivity index (χ3n) is 3.24. The van der Waals surface area contributed by atoms with Gasteiger partial charge in [-0.15, -0.1) is 11.3 Å². The first-order valence-electron chi connectivity index (χ1n) is 7.25. The van der Waals surface area contributed by atoms with Gasteiger partial charge >= 0.3 is 0 Å². The molecule has 1 aromatic carbocycles. The fourth-order valence-electron chi connectivity index (χ4n) is 2.22. The van der Waals surface area contributed by atoms with Crippen LogP contribution in [0.1, 0.15) is 35.5 Å². The molecule has 0 saturated heterocycles. The number of hydrogen-bond acceptors (Lipinski definition) is 5. The number of hydrogen-bond donors (Lipinski definition) is 3. The first kappa shape index (κ1) is 15.5. The number of anilines is 1. The predicted molar refractivity (Wildman–Crippen MR) is 91.0 cm³/mol. The minimum atomic E-state index is -0.232. The lowest BCUT2D eigenvalue weighted by molar-refractivity contribution is 0.103. The van der Waals surface area contributed by atoms with Gasteiger partial charge < -0.3 is 10.4 Å². The summed E-state index contributed by atoms with van der Waals surface area (Å²) >= 11 is 1.40. The van der Waals surface area contributed by atoms with Crippen LogP contribution in [0.3, 0.4) is 0 Å². The van der Waals surface area contributed by atoms with Crippen LogP contribution in [0.25, 0.3) is 10.9 Å². The lowest BCUT2D eigenvalue weighted by atomic mass is 9.93. The van der Waals surface area contributed by atoms with Crippen molar-refractivity contribution in [1.29, 1.82) is 0 Å². The Morgan fingerprint density at radius 3 is 2.91 bits per heavy atom. The molecule has 0 aliphatic carbocycles. The van der Waals surface area contributed by atoms with Crippen molar-refractivity contribution in [2.75, 3.05) is 5.32 Å². The molecule has 0 unspecified atom stereocenters. The Balaban J connectivity index is 1.78. The molecule has 120 valence electrons. The van der Waals surface area contributed by atoms with E-state index >= 15 is 0 Å². The van der Waals surface area contributed by atoms with Gasteiger partial charge in [-0.1, -0.05) is 20.8 Å². The summed E-state index contributed by atoms with van der Waals surface area (Å²) in [6.07, 6.45) is 2.43. The smallest absolute Gasteiger partial charge is 0.268 e. The molecule has 3 N–H and O–H groups in total. The number of amides is 1. The summed E-state index contributed by atoms with van der Waals surface area (Å²) in [6.45, 7) is 6.41. The summed E-state index contributed by atoms with van der Waals surface area (Å²) in [5.74, 6) is 0.355. The van der Waals surface area contributed by atoms with Crippen molar-refractivity contribution in [3.8, 4) is 5.75 Å². The third-order valence-corrected chi connectivity index (χ3v) is 4.23. The number of rotatable bonds is 3. The van der Waals surface area contributed by atoms with Gasteiger partial charge in [-0.25, -0.2) is 4.98 Å². The molecule has 2 heterocycles. The number of phenolic OH excluding ortho intramolecular Hbond substituents is 1. The van der Waals surface area contributed by atoms with E-state index in [1.807, 2.05) is 0 Å². The van der Waals surface area contributed by atoms with Gasteiger partial charge in [-0.05, 0) is 17.5 Å². The Morgan fingerprint density at radius 2 is 2.17 bits per heavy atom. The van der Waals surface area contributed by atoms with E-state index in [0.717, 1.165) is 16.8 Å². The summed E-state index contributed by atoms with van der Waals surface area (Å²) in [5.41, 5.74) is 0.796. The average molecular weight is 330 g/mol. The van der Waals surface area contributed by atoms with Crippen LogP contribution in [-0.2, 0) is 6.42 Å². The number of carbonyl (C=O) groups is 1. The van der Waals surface area contributed by atoms with Crippen molar-refractivity contribution in [1.82, 2.24) is 15.2 Å². The summed E-state index contributed by atoms with van der Waals surface area (Å²) < 4.78 is 0. The molecule has 3 aromatic rings. The zero-order valence-electron chi connectivity index (χ0n) is 13.2. The Kier molecular flexibility index (Phi) is 3.81. The highest BCUT2D eigenvalue weighted by Crippen LogP contribution is 2.26. The van der Waals surface area contributed by atoms with Gasteiger partial charge in [-0.2, -0.15) is 5.10 Å². The monoisotopic (exact) mass is 330 g/mol. The molecule has 0 bridgehead atoms. The van der Waals surface area contributed by atoms with Crippen molar-refractivity contribution < 1.29 is 9.90 Å². The molecule has 0 aliphatic rings. The Bertz CT molecular complexity index is 860. The molecule has 6 nitrogen and oxygen atoms in total. The SMILES string of the molecule is CC(C)(C)Cc1ncc(C(=O)Nc2n[nH]c3cc(O)ccc23)s1. The lowest BCUT2D eigenvalue weighted by Gasteiger charge is -2.15. The van der Waals surface area contributed by atoms with E-state index in [9.17, 15) is 9.90 Å². The molecule has 0 atom stereocenters. The molecule has 3 rings (SSSR count). The van der Waals surface area contributed by atoms with Crippen LogP contribution >= 0.6 is 11.3 Å². The minimum absolute atomic E-state index is 0.131. The molecule has 0 saturated carbocycles. The molecular formula is C16H18N4O2S. The van der Waals surface area contributed by atoms with Crippen LogP contribution in [0, 0.1) is 5.41 Å². The van der Waals surface area contributed by atoms with Gasteiger partial charge in [0.2, 0.25) is 0 Å². The van der Waals surface area contributed by atoms with Crippen molar-refractivity contribution in [2.45, 2.75) is 27.2 Å². The van der Waals surface area contributed by atoms with E-state index in [1.165, 1.54) is 11.3 Å². The Hall–Kier alpha value is -2.41. The van der Waals surface area contributed by atoms with Gasteiger partial charge in [0.25, 0.3) is 5.91 Å². The van der Waals surface area contributed by atoms with Crippen molar-refractivity contribution in [2.24, 2.45) is 5.41 Å². The number of nitrogens with one attached hydrogen (secondary N) is 2. The quantitative estimate of drug-likeness (QED) is 0.685. The predicted octanol–water partition coefficient (Wildman–Crippen LogP) is 3.57. The molecular weight excluding hydrogens is 312 g/mol. The summed E-state index contributed by atoms with van der Waals surface area (Å²) in [5, 5.41) is 20.8. The first-order chi connectivity index (χ1) is 10.8. The minimum Gasteiger partial charge on any atom is -0.508 e. The van der Waals surface area contributed by atoms with Gasteiger partial charge in [0.15, 0.2) is 5.82 Å². The van der Waals surface area contributed by atoms with Crippen molar-refractivity contribution in [3.05, 3.63) is 34.3 Å². The summed E-state index contributed by atoms with van der Waals surface area (Å²) in [6, 6.07) is 4.83. The third kappa shape index (κ3) is 3.50. The van der Waals surface area contributed by atoms with Crippen molar-refractivity contribution >= 4 is 34.0 Å². The van der Waals surface area contributed by atoms with Gasteiger partial charge in [-0.3, -0.25) is 9.89 Å². The molecule has 7 heteroatoms. The molecule has 0 fully saturated rings. The maximum absolute atomic E-state index is 12.4. The number of H-pyrrole nitrogens is 1. The fraction of sp³-hybridized carbons (Fsp3) is 0.312. The first-order valence-corrected chi connectivity index (χ1v) is 8.07. The average Bonchev–Trinajstić information content (AvgIpc) is 3.04. The zero-order valence-corrected chi connectivity index (χ0v) is 14.0. The second-order valence-corrected chi connectivity index (χ2v) is 7.73. The largest absolute Gasteiger partial charge is 0.508 e. The van der Waals surface area contributed by atoms with E-state index in [-0.39, 0.29) is 17.1 Å². The second-order valence-electron chi connectivity index (χ2n) is 6.61. The number of benzene rings is 1. The number of fused-ring (bicyclic) bond motifs is 1. The number of aromatic amines is 1. The number of thiazole rings is 1. The molecule has 0 aliphatic heterocycles. The van der Waals surface area contributed by atoms with Crippen molar-refractivity contribution in [3.63, 3.8) is 0 Å². The van der Waals surface area contributed by atoms with Crippen LogP contribution in [0.2, 0.25) is 0 Å². The van der Waals surface area contributed by atoms with Crippen LogP contribution < -0.4 is 5.32 Å². The lowest BCUT2D eigenvalue weighted by Crippen LogP contribution is -2.10. The van der Waals surface area contributed by atoms with Crippen LogP contribution in [0.5, 0.6) is 5.75 Å². The van der Waals surface area contributed by atoms with Gasteiger partial charge in [0.1, 0.15) is 10.6 Å². The van der Waals surface area contributed by atoms with E-state index < -0.39 is 0 Å². The number of aromatic nitrogens is 3. The standard InChI is InChI=1S/C16H18N4O2S/c1-16(2,3)7-13-17-8-12(23-13)15(22)18-14-10-5-4-9(21)6-11(10)19-20-14/h4-6,8,21H,7H2,1-3H3,(H2,18,19,20,22). The summed E-state index contributed by atoms with van der Waals surface area (Å²) in [7, 11) is 0. The molecule has 1 amide bonds. The topological polar surface area (TPSA) is 90.9 Å². The Morgan fingerprint density at radius 1 is 1.39 bits per heavy atom. The number of aromatic hydroxyl groups is 1. The maximum Gasteiger partial charge on any atom is 0.268 e. The number of carbonyl (C=O) groups excluding carboxylic acids is 1. The highest BCUT2D eigenvalue weighted by atomic mass is 32.1. The van der Waals surface area contributed by atoms with Crippen LogP contribution in [0.15, 0.2) is 24.4 Å². The van der Waals surface area contributed by atoms with E-state index in [4.69, 9.17) is 0 Å². The van der Waals surface area contributed by atoms with Gasteiger partial charge in [0, 0.05) is 17.9 Å². The molecule has 2 aromatic heterocycles. The van der Waals surface area contributed by atoms with Gasteiger partial charge in [0.05, 0.1) is 16.7 Å². The zero-order chi connectivity index (χ0) is 16.6. The molecule has 0 radical (unpaired) electrons. The van der Waals surface area contributed by atoms with E-state index in [0.29, 0.717) is 16.2 Å². The second kappa shape index (κ2) is 5.66. The number of nitrogens with zero attached hydrogens (tertiary/aromatic N) is 2. The highest BCUT2D eigenvalue weighted by Gasteiger charge is 2.18. The Labute approximate surface area is 137 Å². The maximum atomic E-state index is 12.4. The van der Waals surface area contributed by atoms with E-state index in [1.54, 1.807) is 24.4 Å². The van der Waals surface area contributed by atoms with Crippen LogP contribution in [-0.4, -0.2) is 26.2 Å².